The van der Waals surface area contributed by atoms with Gasteiger partial charge in [-0.15, -0.1) is 0 Å². The van der Waals surface area contributed by atoms with E-state index in [1.807, 2.05) is 18.9 Å². The summed E-state index contributed by atoms with van der Waals surface area (Å²) in [7, 11) is 1.89. The van der Waals surface area contributed by atoms with Gasteiger partial charge in [0.25, 0.3) is 0 Å². The van der Waals surface area contributed by atoms with E-state index in [4.69, 9.17) is 0 Å². The molecule has 1 aliphatic carbocycles. The van der Waals surface area contributed by atoms with E-state index in [1.165, 1.54) is 12.8 Å². The molecule has 1 saturated carbocycles. The van der Waals surface area contributed by atoms with E-state index in [-0.39, 0.29) is 5.91 Å². The van der Waals surface area contributed by atoms with Gasteiger partial charge in [0, 0.05) is 13.6 Å². The van der Waals surface area contributed by atoms with Gasteiger partial charge in [-0.2, -0.15) is 0 Å². The summed E-state index contributed by atoms with van der Waals surface area (Å²) in [6, 6.07) is 0. The first kappa shape index (κ1) is 9.52. The number of carbonyl (C=O) groups is 1. The standard InChI is InChI=1S/C9H18N2O/c1-3-10-6-9(12)11(2)7-8-4-5-8/h8,10H,3-7H2,1-2H3. The Morgan fingerprint density at radius 2 is 2.25 bits per heavy atom. The van der Waals surface area contributed by atoms with Crippen molar-refractivity contribution in [1.29, 1.82) is 0 Å². The van der Waals surface area contributed by atoms with Crippen LogP contribution in [0.1, 0.15) is 19.8 Å². The molecule has 1 amide bonds. The van der Waals surface area contributed by atoms with E-state index in [0.717, 1.165) is 19.0 Å². The summed E-state index contributed by atoms with van der Waals surface area (Å²) in [5.74, 6) is 1.00. The average molecular weight is 170 g/mol. The summed E-state index contributed by atoms with van der Waals surface area (Å²) in [6.07, 6.45) is 2.61. The van der Waals surface area contributed by atoms with Gasteiger partial charge >= 0.3 is 0 Å². The fourth-order valence-corrected chi connectivity index (χ4v) is 1.16. The van der Waals surface area contributed by atoms with E-state index in [2.05, 4.69) is 5.32 Å². The summed E-state index contributed by atoms with van der Waals surface area (Å²) in [4.78, 5) is 13.2. The molecule has 1 rings (SSSR count). The highest BCUT2D eigenvalue weighted by atomic mass is 16.2. The monoisotopic (exact) mass is 170 g/mol. The molecule has 0 aromatic rings. The Labute approximate surface area is 74.1 Å². The highest BCUT2D eigenvalue weighted by Crippen LogP contribution is 2.29. The zero-order valence-corrected chi connectivity index (χ0v) is 7.97. The van der Waals surface area contributed by atoms with E-state index in [9.17, 15) is 4.79 Å². The predicted octanol–water partition coefficient (Wildman–Crippen LogP) is 0.464. The molecule has 3 nitrogen and oxygen atoms in total. The van der Waals surface area contributed by atoms with Crippen molar-refractivity contribution in [2.24, 2.45) is 5.92 Å². The minimum absolute atomic E-state index is 0.212. The van der Waals surface area contributed by atoms with Crippen LogP contribution in [-0.4, -0.2) is 37.5 Å². The molecule has 0 unspecified atom stereocenters. The number of carbonyl (C=O) groups excluding carboxylic acids is 1. The fourth-order valence-electron chi connectivity index (χ4n) is 1.16. The number of nitrogens with zero attached hydrogens (tertiary/aromatic N) is 1. The first-order valence-electron chi connectivity index (χ1n) is 4.68. The van der Waals surface area contributed by atoms with Crippen LogP contribution in [0.5, 0.6) is 0 Å². The molecule has 0 aromatic heterocycles. The van der Waals surface area contributed by atoms with Crippen molar-refractivity contribution in [2.75, 3.05) is 26.7 Å². The Morgan fingerprint density at radius 1 is 1.58 bits per heavy atom. The van der Waals surface area contributed by atoms with Crippen LogP contribution in [0.25, 0.3) is 0 Å². The van der Waals surface area contributed by atoms with E-state index in [0.29, 0.717) is 6.54 Å². The first-order valence-corrected chi connectivity index (χ1v) is 4.68. The Morgan fingerprint density at radius 3 is 2.75 bits per heavy atom. The molecule has 3 heteroatoms. The summed E-state index contributed by atoms with van der Waals surface area (Å²) in [5, 5.41) is 3.03. The van der Waals surface area contributed by atoms with Crippen LogP contribution in [0.15, 0.2) is 0 Å². The van der Waals surface area contributed by atoms with Crippen LogP contribution < -0.4 is 5.32 Å². The fraction of sp³-hybridized carbons (Fsp3) is 0.889. The third-order valence-electron chi connectivity index (χ3n) is 2.18. The minimum Gasteiger partial charge on any atom is -0.344 e. The topological polar surface area (TPSA) is 32.3 Å². The molecule has 0 atom stereocenters. The van der Waals surface area contributed by atoms with Crippen LogP contribution in [0.3, 0.4) is 0 Å². The maximum absolute atomic E-state index is 11.3. The van der Waals surface area contributed by atoms with E-state index < -0.39 is 0 Å². The van der Waals surface area contributed by atoms with E-state index in [1.54, 1.807) is 0 Å². The largest absolute Gasteiger partial charge is 0.344 e. The zero-order chi connectivity index (χ0) is 8.97. The highest BCUT2D eigenvalue weighted by molar-refractivity contribution is 5.77. The summed E-state index contributed by atoms with van der Waals surface area (Å²) in [6.45, 7) is 4.31. The number of amides is 1. The molecule has 1 aliphatic rings. The Hall–Kier alpha value is -0.570. The van der Waals surface area contributed by atoms with Crippen molar-refractivity contribution in [3.05, 3.63) is 0 Å². The third-order valence-corrected chi connectivity index (χ3v) is 2.18. The Balaban J connectivity index is 2.11. The van der Waals surface area contributed by atoms with Gasteiger partial charge in [0.2, 0.25) is 5.91 Å². The normalized spacial score (nSPS) is 16.2. The molecular formula is C9H18N2O. The highest BCUT2D eigenvalue weighted by Gasteiger charge is 2.24. The maximum Gasteiger partial charge on any atom is 0.236 e. The quantitative estimate of drug-likeness (QED) is 0.650. The summed E-state index contributed by atoms with van der Waals surface area (Å²) < 4.78 is 0. The third kappa shape index (κ3) is 3.22. The molecule has 70 valence electrons. The number of nitrogens with one attached hydrogen (secondary N) is 1. The van der Waals surface area contributed by atoms with Crippen molar-refractivity contribution in [3.8, 4) is 0 Å². The second kappa shape index (κ2) is 4.45. The lowest BCUT2D eigenvalue weighted by Gasteiger charge is -2.16. The second-order valence-electron chi connectivity index (χ2n) is 3.50. The smallest absolute Gasteiger partial charge is 0.236 e. The Kier molecular flexibility index (Phi) is 3.53. The van der Waals surface area contributed by atoms with Crippen LogP contribution >= 0.6 is 0 Å². The van der Waals surface area contributed by atoms with Gasteiger partial charge in [0.1, 0.15) is 0 Å². The molecule has 1 fully saturated rings. The summed E-state index contributed by atoms with van der Waals surface area (Å²) >= 11 is 0. The van der Waals surface area contributed by atoms with Gasteiger partial charge in [0.15, 0.2) is 0 Å². The van der Waals surface area contributed by atoms with Crippen molar-refractivity contribution in [2.45, 2.75) is 19.8 Å². The average Bonchev–Trinajstić information content (AvgIpc) is 2.83. The molecule has 0 saturated heterocycles. The van der Waals surface area contributed by atoms with Crippen LogP contribution in [-0.2, 0) is 4.79 Å². The SMILES string of the molecule is CCNCC(=O)N(C)CC1CC1. The van der Waals surface area contributed by atoms with Crippen molar-refractivity contribution < 1.29 is 4.79 Å². The molecule has 0 radical (unpaired) electrons. The first-order chi connectivity index (χ1) is 5.74. The number of likely N-dealkylation sites (N-methyl/N-ethyl adjacent to an activating group) is 2. The van der Waals surface area contributed by atoms with Gasteiger partial charge in [-0.1, -0.05) is 6.92 Å². The second-order valence-corrected chi connectivity index (χ2v) is 3.50. The zero-order valence-electron chi connectivity index (χ0n) is 7.97. The molecule has 0 spiro atoms. The molecular weight excluding hydrogens is 152 g/mol. The molecule has 0 aliphatic heterocycles. The van der Waals surface area contributed by atoms with Gasteiger partial charge < -0.3 is 10.2 Å². The van der Waals surface area contributed by atoms with Crippen molar-refractivity contribution >= 4 is 5.91 Å². The number of hydrogen-bond donors (Lipinski definition) is 1. The van der Waals surface area contributed by atoms with Crippen LogP contribution in [0, 0.1) is 5.92 Å². The Bertz CT molecular complexity index is 155. The molecule has 12 heavy (non-hydrogen) atoms. The molecule has 0 heterocycles. The molecule has 0 aromatic carbocycles. The van der Waals surface area contributed by atoms with E-state index >= 15 is 0 Å². The van der Waals surface area contributed by atoms with Crippen molar-refractivity contribution in [1.82, 2.24) is 10.2 Å². The van der Waals surface area contributed by atoms with Gasteiger partial charge in [-0.25, -0.2) is 0 Å². The summed E-state index contributed by atoms with van der Waals surface area (Å²) in [5.41, 5.74) is 0. The van der Waals surface area contributed by atoms with Gasteiger partial charge in [-0.05, 0) is 25.3 Å². The van der Waals surface area contributed by atoms with Gasteiger partial charge in [0.05, 0.1) is 6.54 Å². The van der Waals surface area contributed by atoms with Crippen molar-refractivity contribution in [3.63, 3.8) is 0 Å². The van der Waals surface area contributed by atoms with Gasteiger partial charge in [-0.3, -0.25) is 4.79 Å². The lowest BCUT2D eigenvalue weighted by Crippen LogP contribution is -2.36. The molecule has 1 N–H and O–H groups in total. The van der Waals surface area contributed by atoms with Crippen LogP contribution in [0.2, 0.25) is 0 Å². The molecule has 0 bridgehead atoms. The number of hydrogen-bond acceptors (Lipinski definition) is 2. The van der Waals surface area contributed by atoms with Crippen LogP contribution in [0.4, 0.5) is 0 Å². The lowest BCUT2D eigenvalue weighted by molar-refractivity contribution is -0.129. The number of rotatable bonds is 5. The minimum atomic E-state index is 0.212. The predicted molar refractivity (Wildman–Crippen MR) is 48.9 cm³/mol. The maximum atomic E-state index is 11.3. The lowest BCUT2D eigenvalue weighted by atomic mass is 10.4.